The molecule has 1 atom stereocenters. The average Bonchev–Trinajstić information content (AvgIpc) is 2.43. The number of hydrogen-bond donors (Lipinski definition) is 0. The molecule has 0 aliphatic heterocycles. The van der Waals surface area contributed by atoms with E-state index in [2.05, 4.69) is 46.3 Å². The van der Waals surface area contributed by atoms with Gasteiger partial charge in [0.15, 0.2) is 6.67 Å². The molecule has 0 bridgehead atoms. The lowest BCUT2D eigenvalue weighted by molar-refractivity contribution is -0.0233. The first-order valence-corrected chi connectivity index (χ1v) is 8.85. The lowest BCUT2D eigenvalue weighted by atomic mass is 9.72. The monoisotopic (exact) mass is 370 g/mol. The second-order valence-electron chi connectivity index (χ2n) is 9.68. The van der Waals surface area contributed by atoms with Crippen LogP contribution in [-0.2, 0) is 21.0 Å². The van der Waals surface area contributed by atoms with Gasteiger partial charge in [-0.3, -0.25) is 0 Å². The van der Waals surface area contributed by atoms with Crippen LogP contribution in [0, 0.1) is 0 Å². The fraction of sp³-hybridized carbons (Fsp3) is 0.667. The van der Waals surface area contributed by atoms with Crippen LogP contribution in [0.25, 0.3) is 0 Å². The highest BCUT2D eigenvalue weighted by Crippen LogP contribution is 2.41. The van der Waals surface area contributed by atoms with Crippen molar-refractivity contribution in [1.82, 2.24) is 0 Å². The first-order chi connectivity index (χ1) is 11.6. The Morgan fingerprint density at radius 1 is 0.885 bits per heavy atom. The molecule has 0 saturated carbocycles. The molecule has 1 unspecified atom stereocenters. The second-order valence-corrected chi connectivity index (χ2v) is 9.68. The zero-order valence-electron chi connectivity index (χ0n) is 17.4. The molecule has 0 aliphatic carbocycles. The van der Waals surface area contributed by atoms with E-state index in [1.165, 1.54) is 0 Å². The number of rotatable bonds is 3. The molecule has 0 amide bonds. The summed E-state index contributed by atoms with van der Waals surface area (Å²) in [4.78, 5) is 11.9. The highest BCUT2D eigenvalue weighted by Gasteiger charge is 2.31. The fourth-order valence-corrected chi connectivity index (χ4v) is 2.74. The molecule has 5 heteroatoms. The summed E-state index contributed by atoms with van der Waals surface area (Å²) in [7, 11) is 0. The Hall–Kier alpha value is -1.65. The highest BCUT2D eigenvalue weighted by molar-refractivity contribution is 5.66. The van der Waals surface area contributed by atoms with Gasteiger partial charge in [0.05, 0.1) is 0 Å². The maximum Gasteiger partial charge on any atom is 0.516 e. The molecule has 0 aliphatic rings. The summed E-state index contributed by atoms with van der Waals surface area (Å²) in [5.74, 6) is 0.312. The Bertz CT molecular complexity index is 647. The molecule has 0 saturated heterocycles. The Balaban J connectivity index is 3.55. The van der Waals surface area contributed by atoms with E-state index in [9.17, 15) is 13.6 Å². The zero-order valence-corrected chi connectivity index (χ0v) is 17.4. The molecule has 0 aromatic heterocycles. The quantitative estimate of drug-likeness (QED) is 0.459. The molecule has 0 spiro atoms. The van der Waals surface area contributed by atoms with Crippen LogP contribution in [0.15, 0.2) is 12.1 Å². The van der Waals surface area contributed by atoms with E-state index in [1.54, 1.807) is 0 Å². The highest BCUT2D eigenvalue weighted by atomic mass is 19.2. The molecule has 0 heterocycles. The Morgan fingerprint density at radius 2 is 1.31 bits per heavy atom. The van der Waals surface area contributed by atoms with Crippen molar-refractivity contribution in [2.24, 2.45) is 0 Å². The van der Waals surface area contributed by atoms with E-state index in [0.29, 0.717) is 5.75 Å². The predicted octanol–water partition coefficient (Wildman–Crippen LogP) is 6.36. The van der Waals surface area contributed by atoms with Gasteiger partial charge < -0.3 is 9.47 Å². The third kappa shape index (κ3) is 5.68. The van der Waals surface area contributed by atoms with Gasteiger partial charge in [0.2, 0.25) is 0 Å². The van der Waals surface area contributed by atoms with Crippen LogP contribution in [0.3, 0.4) is 0 Å². The maximum absolute atomic E-state index is 13.0. The Morgan fingerprint density at radius 3 is 1.69 bits per heavy atom. The van der Waals surface area contributed by atoms with E-state index in [1.807, 2.05) is 32.9 Å². The smallest absolute Gasteiger partial charge is 0.396 e. The second kappa shape index (κ2) is 7.53. The van der Waals surface area contributed by atoms with Crippen LogP contribution in [0.1, 0.15) is 79.0 Å². The molecule has 148 valence electrons. The number of ether oxygens (including phenoxy) is 2. The summed E-state index contributed by atoms with van der Waals surface area (Å²) in [5, 5.41) is 0. The zero-order chi connectivity index (χ0) is 20.5. The van der Waals surface area contributed by atoms with Crippen molar-refractivity contribution < 1.29 is 23.0 Å². The number of benzene rings is 1. The van der Waals surface area contributed by atoms with Gasteiger partial charge in [0.25, 0.3) is 6.36 Å². The van der Waals surface area contributed by atoms with Crippen molar-refractivity contribution in [3.8, 4) is 5.75 Å². The molecule has 0 N–H and O–H groups in total. The van der Waals surface area contributed by atoms with Gasteiger partial charge in [0.1, 0.15) is 5.75 Å². The van der Waals surface area contributed by atoms with Crippen molar-refractivity contribution >= 4 is 6.16 Å². The number of alkyl halides is 2. The van der Waals surface area contributed by atoms with Crippen molar-refractivity contribution in [2.45, 2.75) is 84.9 Å². The van der Waals surface area contributed by atoms with Gasteiger partial charge >= 0.3 is 6.16 Å². The molecular weight excluding hydrogens is 338 g/mol. The summed E-state index contributed by atoms with van der Waals surface area (Å²) in [6.07, 6.45) is -3.57. The number of halogens is 2. The molecule has 1 aromatic rings. The first kappa shape index (κ1) is 22.4. The van der Waals surface area contributed by atoms with E-state index in [4.69, 9.17) is 4.74 Å². The molecular formula is C21H32F2O3. The van der Waals surface area contributed by atoms with Crippen molar-refractivity contribution in [3.63, 3.8) is 0 Å². The van der Waals surface area contributed by atoms with Crippen LogP contribution < -0.4 is 4.74 Å². The molecule has 0 radical (unpaired) electrons. The van der Waals surface area contributed by atoms with Gasteiger partial charge in [0, 0.05) is 5.56 Å². The number of hydrogen-bond acceptors (Lipinski definition) is 3. The van der Waals surface area contributed by atoms with Crippen LogP contribution in [0.4, 0.5) is 13.6 Å². The summed E-state index contributed by atoms with van der Waals surface area (Å²) >= 11 is 0. The van der Waals surface area contributed by atoms with Crippen LogP contribution in [0.5, 0.6) is 5.75 Å². The summed E-state index contributed by atoms with van der Waals surface area (Å²) in [6.45, 7) is 17.2. The third-order valence-corrected chi connectivity index (χ3v) is 4.08. The largest absolute Gasteiger partial charge is 0.516 e. The molecule has 1 rings (SSSR count). The van der Waals surface area contributed by atoms with Gasteiger partial charge in [-0.05, 0) is 33.4 Å². The Labute approximate surface area is 156 Å². The SMILES string of the molecule is CC(C)(C)c1cc(C(C)(C)C)c(C(C)(C)C)cc1OC(=O)OC(F)CF. The van der Waals surface area contributed by atoms with Gasteiger partial charge in [-0.1, -0.05) is 68.4 Å². The van der Waals surface area contributed by atoms with Crippen molar-refractivity contribution in [2.75, 3.05) is 6.67 Å². The Kier molecular flexibility index (Phi) is 6.49. The minimum absolute atomic E-state index is 0.111. The van der Waals surface area contributed by atoms with Crippen LogP contribution in [-0.4, -0.2) is 19.2 Å². The van der Waals surface area contributed by atoms with E-state index in [0.717, 1.165) is 16.7 Å². The lowest BCUT2D eigenvalue weighted by Crippen LogP contribution is -2.26. The molecule has 1 aromatic carbocycles. The topological polar surface area (TPSA) is 35.5 Å². The summed E-state index contributed by atoms with van der Waals surface area (Å²) in [5.41, 5.74) is 2.37. The number of carbonyl (C=O) groups is 1. The summed E-state index contributed by atoms with van der Waals surface area (Å²) < 4.78 is 34.8. The first-order valence-electron chi connectivity index (χ1n) is 8.85. The van der Waals surface area contributed by atoms with Crippen molar-refractivity contribution in [1.29, 1.82) is 0 Å². The maximum atomic E-state index is 13.0. The molecule has 26 heavy (non-hydrogen) atoms. The summed E-state index contributed by atoms with van der Waals surface area (Å²) in [6, 6.07) is 3.87. The molecule has 0 fully saturated rings. The van der Waals surface area contributed by atoms with Gasteiger partial charge in [-0.25, -0.2) is 9.18 Å². The number of carbonyl (C=O) groups excluding carboxylic acids is 1. The van der Waals surface area contributed by atoms with Crippen molar-refractivity contribution in [3.05, 3.63) is 28.8 Å². The van der Waals surface area contributed by atoms with Gasteiger partial charge in [-0.15, -0.1) is 0 Å². The van der Waals surface area contributed by atoms with Crippen LogP contribution >= 0.6 is 0 Å². The third-order valence-electron chi connectivity index (χ3n) is 4.08. The predicted molar refractivity (Wildman–Crippen MR) is 101 cm³/mol. The standard InChI is InChI=1S/C21H32F2O3/c1-19(2,3)13-10-15(21(7,8)9)16(11-14(13)20(4,5)6)25-18(24)26-17(23)12-22/h10-11,17H,12H2,1-9H3. The lowest BCUT2D eigenvalue weighted by Gasteiger charge is -2.33. The minimum atomic E-state index is -2.32. The van der Waals surface area contributed by atoms with Gasteiger partial charge in [-0.2, -0.15) is 4.39 Å². The fourth-order valence-electron chi connectivity index (χ4n) is 2.74. The minimum Gasteiger partial charge on any atom is -0.396 e. The van der Waals surface area contributed by atoms with Crippen LogP contribution in [0.2, 0.25) is 0 Å². The normalized spacial score (nSPS) is 14.1. The van der Waals surface area contributed by atoms with E-state index >= 15 is 0 Å². The molecule has 3 nitrogen and oxygen atoms in total. The van der Waals surface area contributed by atoms with E-state index in [-0.39, 0.29) is 16.2 Å². The average molecular weight is 370 g/mol. The van der Waals surface area contributed by atoms with E-state index < -0.39 is 19.2 Å².